The van der Waals surface area contributed by atoms with Gasteiger partial charge in [-0.3, -0.25) is 9.78 Å². The van der Waals surface area contributed by atoms with Gasteiger partial charge < -0.3 is 15.2 Å². The van der Waals surface area contributed by atoms with Gasteiger partial charge in [0.05, 0.1) is 24.5 Å². The number of carbonyl (C=O) groups is 1. The number of benzene rings is 1. The lowest BCUT2D eigenvalue weighted by molar-refractivity contribution is 0.102. The maximum atomic E-state index is 12.8. The average Bonchev–Trinajstić information content (AvgIpc) is 3.16. The third-order valence-electron chi connectivity index (χ3n) is 4.43. The van der Waals surface area contributed by atoms with E-state index in [2.05, 4.69) is 20.4 Å². The van der Waals surface area contributed by atoms with Gasteiger partial charge >= 0.3 is 0 Å². The molecule has 0 radical (unpaired) electrons. The van der Waals surface area contributed by atoms with Gasteiger partial charge in [0, 0.05) is 36.1 Å². The number of anilines is 1. The molecule has 0 unspecified atom stereocenters. The van der Waals surface area contributed by atoms with Gasteiger partial charge in [0.1, 0.15) is 11.3 Å². The Balaban J connectivity index is 1.66. The van der Waals surface area contributed by atoms with Gasteiger partial charge in [-0.1, -0.05) is 6.07 Å². The fraction of sp³-hybridized carbons (Fsp3) is 0.200. The van der Waals surface area contributed by atoms with Crippen molar-refractivity contribution in [1.82, 2.24) is 19.6 Å². The van der Waals surface area contributed by atoms with E-state index < -0.39 is 0 Å². The second-order valence-electron chi connectivity index (χ2n) is 6.28. The number of pyridine rings is 1. The zero-order valence-electron chi connectivity index (χ0n) is 15.3. The molecule has 0 saturated carbocycles. The van der Waals surface area contributed by atoms with E-state index in [9.17, 15) is 4.79 Å². The molecule has 142 valence electrons. The first-order valence-electron chi connectivity index (χ1n) is 8.88. The highest BCUT2D eigenvalue weighted by molar-refractivity contribution is 6.09. The van der Waals surface area contributed by atoms with Crippen LogP contribution < -0.4 is 10.1 Å². The van der Waals surface area contributed by atoms with Crippen molar-refractivity contribution in [2.45, 2.75) is 12.8 Å². The second kappa shape index (κ2) is 7.61. The van der Waals surface area contributed by atoms with Gasteiger partial charge in [-0.2, -0.15) is 5.10 Å². The predicted octanol–water partition coefficient (Wildman–Crippen LogP) is 2.46. The molecule has 28 heavy (non-hydrogen) atoms. The van der Waals surface area contributed by atoms with Gasteiger partial charge in [-0.05, 0) is 31.0 Å². The predicted molar refractivity (Wildman–Crippen MR) is 105 cm³/mol. The van der Waals surface area contributed by atoms with Crippen molar-refractivity contribution in [2.24, 2.45) is 0 Å². The minimum Gasteiger partial charge on any atom is -0.494 e. The molecule has 0 fully saturated rings. The molecule has 1 amide bonds. The summed E-state index contributed by atoms with van der Waals surface area (Å²) in [6.07, 6.45) is 6.20. The molecular formula is C20H19N5O3. The van der Waals surface area contributed by atoms with Crippen molar-refractivity contribution < 1.29 is 14.6 Å². The summed E-state index contributed by atoms with van der Waals surface area (Å²) in [4.78, 5) is 21.6. The van der Waals surface area contributed by atoms with Crippen LogP contribution in [0.4, 0.5) is 5.69 Å². The number of aliphatic hydroxyl groups excluding tert-OH is 1. The molecule has 3 heterocycles. The lowest BCUT2D eigenvalue weighted by Crippen LogP contribution is -2.13. The zero-order chi connectivity index (χ0) is 19.5. The number of aromatic nitrogens is 4. The van der Waals surface area contributed by atoms with Crippen LogP contribution >= 0.6 is 0 Å². The number of ether oxygens (including phenoxy) is 1. The van der Waals surface area contributed by atoms with Crippen LogP contribution in [0.3, 0.4) is 0 Å². The van der Waals surface area contributed by atoms with Crippen molar-refractivity contribution in [3.8, 4) is 5.75 Å². The van der Waals surface area contributed by atoms with Crippen LogP contribution in [0, 0.1) is 0 Å². The zero-order valence-corrected chi connectivity index (χ0v) is 15.3. The Morgan fingerprint density at radius 1 is 1.32 bits per heavy atom. The largest absolute Gasteiger partial charge is 0.494 e. The summed E-state index contributed by atoms with van der Waals surface area (Å²) < 4.78 is 6.99. The minimum absolute atomic E-state index is 0.131. The maximum absolute atomic E-state index is 12.8. The molecule has 4 rings (SSSR count). The standard InChI is InChI=1S/C20H19N5O3/c1-28-18-11-16-13(5-6-14(23-16)4-2-9-26)10-17(18)24-20(27)15-12-22-25-8-3-7-21-19(15)25/h3,5-8,10-12,26H,2,4,9H2,1H3,(H,24,27). The minimum atomic E-state index is -0.320. The van der Waals surface area contributed by atoms with Crippen LogP contribution in [0.15, 0.2) is 48.9 Å². The van der Waals surface area contributed by atoms with Crippen molar-refractivity contribution in [1.29, 1.82) is 0 Å². The molecule has 4 aromatic rings. The van der Waals surface area contributed by atoms with E-state index in [-0.39, 0.29) is 12.5 Å². The van der Waals surface area contributed by atoms with Gasteiger partial charge in [-0.25, -0.2) is 9.50 Å². The average molecular weight is 377 g/mol. The monoisotopic (exact) mass is 377 g/mol. The Morgan fingerprint density at radius 3 is 3.04 bits per heavy atom. The number of hydrogen-bond acceptors (Lipinski definition) is 6. The molecular weight excluding hydrogens is 358 g/mol. The first-order chi connectivity index (χ1) is 13.7. The van der Waals surface area contributed by atoms with Crippen molar-refractivity contribution in [2.75, 3.05) is 19.0 Å². The summed E-state index contributed by atoms with van der Waals surface area (Å²) >= 11 is 0. The maximum Gasteiger partial charge on any atom is 0.261 e. The molecule has 0 bridgehead atoms. The number of hydrogen-bond donors (Lipinski definition) is 2. The second-order valence-corrected chi connectivity index (χ2v) is 6.28. The quantitative estimate of drug-likeness (QED) is 0.535. The number of fused-ring (bicyclic) bond motifs is 2. The van der Waals surface area contributed by atoms with Crippen LogP contribution in [0.2, 0.25) is 0 Å². The summed E-state index contributed by atoms with van der Waals surface area (Å²) in [5.74, 6) is 0.191. The van der Waals surface area contributed by atoms with Crippen LogP contribution in [0.25, 0.3) is 16.6 Å². The van der Waals surface area contributed by atoms with E-state index in [0.717, 1.165) is 16.6 Å². The summed E-state index contributed by atoms with van der Waals surface area (Å²) in [6, 6.07) is 9.23. The number of aliphatic hydroxyl groups is 1. The molecule has 3 aromatic heterocycles. The molecule has 0 atom stereocenters. The highest BCUT2D eigenvalue weighted by Crippen LogP contribution is 2.30. The summed E-state index contributed by atoms with van der Waals surface area (Å²) in [7, 11) is 1.54. The van der Waals surface area contributed by atoms with E-state index in [1.54, 1.807) is 36.2 Å². The SMILES string of the molecule is COc1cc2nc(CCCO)ccc2cc1NC(=O)c1cnn2cccnc12. The smallest absolute Gasteiger partial charge is 0.261 e. The van der Waals surface area contributed by atoms with Gasteiger partial charge in [0.15, 0.2) is 5.65 Å². The number of nitrogens with zero attached hydrogens (tertiary/aromatic N) is 4. The Morgan fingerprint density at radius 2 is 2.21 bits per heavy atom. The van der Waals surface area contributed by atoms with Crippen LogP contribution in [0.1, 0.15) is 22.5 Å². The molecule has 0 spiro atoms. The Bertz CT molecular complexity index is 1160. The van der Waals surface area contributed by atoms with E-state index in [1.165, 1.54) is 6.20 Å². The fourth-order valence-corrected chi connectivity index (χ4v) is 3.04. The van der Waals surface area contributed by atoms with E-state index in [4.69, 9.17) is 9.84 Å². The van der Waals surface area contributed by atoms with E-state index in [0.29, 0.717) is 35.5 Å². The third-order valence-corrected chi connectivity index (χ3v) is 4.43. The summed E-state index contributed by atoms with van der Waals surface area (Å²) in [5.41, 5.74) is 3.07. The highest BCUT2D eigenvalue weighted by Gasteiger charge is 2.16. The summed E-state index contributed by atoms with van der Waals surface area (Å²) in [6.45, 7) is 0.131. The number of carbonyl (C=O) groups excluding carboxylic acids is 1. The van der Waals surface area contributed by atoms with Crippen molar-refractivity contribution in [3.63, 3.8) is 0 Å². The van der Waals surface area contributed by atoms with Crippen LogP contribution in [0.5, 0.6) is 5.75 Å². The van der Waals surface area contributed by atoms with Gasteiger partial charge in [0.25, 0.3) is 5.91 Å². The van der Waals surface area contributed by atoms with Gasteiger partial charge in [0.2, 0.25) is 0 Å². The molecule has 1 aromatic carbocycles. The fourth-order valence-electron chi connectivity index (χ4n) is 3.04. The molecule has 0 saturated heterocycles. The number of nitrogens with one attached hydrogen (secondary N) is 1. The van der Waals surface area contributed by atoms with E-state index >= 15 is 0 Å². The van der Waals surface area contributed by atoms with Crippen LogP contribution in [-0.2, 0) is 6.42 Å². The first kappa shape index (κ1) is 17.9. The summed E-state index contributed by atoms with van der Waals surface area (Å²) in [5, 5.41) is 16.9. The topological polar surface area (TPSA) is 102 Å². The Hall–Kier alpha value is -3.52. The number of rotatable bonds is 6. The van der Waals surface area contributed by atoms with Crippen molar-refractivity contribution >= 4 is 28.1 Å². The van der Waals surface area contributed by atoms with E-state index in [1.807, 2.05) is 18.2 Å². The first-order valence-corrected chi connectivity index (χ1v) is 8.88. The van der Waals surface area contributed by atoms with Gasteiger partial charge in [-0.15, -0.1) is 0 Å². The molecule has 8 heteroatoms. The molecule has 0 aliphatic rings. The molecule has 0 aliphatic carbocycles. The van der Waals surface area contributed by atoms with Crippen molar-refractivity contribution in [3.05, 3.63) is 60.2 Å². The molecule has 8 nitrogen and oxygen atoms in total. The highest BCUT2D eigenvalue weighted by atomic mass is 16.5. The third kappa shape index (κ3) is 3.37. The Kier molecular flexibility index (Phi) is 4.86. The normalized spacial score (nSPS) is 11.1. The number of aryl methyl sites for hydroxylation is 1. The number of methoxy groups -OCH3 is 1. The lowest BCUT2D eigenvalue weighted by Gasteiger charge is -2.12. The van der Waals surface area contributed by atoms with Crippen LogP contribution in [-0.4, -0.2) is 44.3 Å². The molecule has 2 N–H and O–H groups in total. The number of amides is 1. The lowest BCUT2D eigenvalue weighted by atomic mass is 10.1. The molecule has 0 aliphatic heterocycles. The Labute approximate surface area is 160 Å².